The highest BCUT2D eigenvalue weighted by molar-refractivity contribution is 7.51. The molecule has 0 bridgehead atoms. The van der Waals surface area contributed by atoms with Crippen molar-refractivity contribution in [2.45, 2.75) is 33.6 Å². The summed E-state index contributed by atoms with van der Waals surface area (Å²) in [5, 5.41) is 0. The Morgan fingerprint density at radius 2 is 1.73 bits per heavy atom. The van der Waals surface area contributed by atoms with Gasteiger partial charge in [0.25, 0.3) is 0 Å². The fourth-order valence-corrected chi connectivity index (χ4v) is 1.39. The highest BCUT2D eigenvalue weighted by atomic mass is 31.2. The van der Waals surface area contributed by atoms with Gasteiger partial charge in [-0.1, -0.05) is 20.8 Å². The molecule has 0 aliphatic carbocycles. The van der Waals surface area contributed by atoms with Crippen molar-refractivity contribution in [2.75, 3.05) is 6.16 Å². The molecule has 0 fully saturated rings. The number of hydrogen-bond acceptors (Lipinski definition) is 1. The lowest BCUT2D eigenvalue weighted by Crippen LogP contribution is -2.05. The minimum Gasteiger partial charge on any atom is -0.324 e. The summed E-state index contributed by atoms with van der Waals surface area (Å²) in [4.78, 5) is 17.1. The quantitative estimate of drug-likeness (QED) is 0.653. The lowest BCUT2D eigenvalue weighted by atomic mass is 9.91. The van der Waals surface area contributed by atoms with Crippen molar-refractivity contribution in [3.63, 3.8) is 0 Å². The van der Waals surface area contributed by atoms with Gasteiger partial charge in [0.05, 0.1) is 0 Å². The Morgan fingerprint density at radius 1 is 1.27 bits per heavy atom. The molecular weight excluding hydrogens is 163 g/mol. The zero-order chi connectivity index (χ0) is 9.12. The van der Waals surface area contributed by atoms with Gasteiger partial charge in [-0.3, -0.25) is 4.57 Å². The predicted molar refractivity (Wildman–Crippen MR) is 45.6 cm³/mol. The van der Waals surface area contributed by atoms with E-state index in [1.807, 2.05) is 0 Å². The average molecular weight is 180 g/mol. The summed E-state index contributed by atoms with van der Waals surface area (Å²) < 4.78 is 10.4. The van der Waals surface area contributed by atoms with Crippen LogP contribution in [-0.2, 0) is 4.57 Å². The molecule has 0 aliphatic heterocycles. The van der Waals surface area contributed by atoms with Gasteiger partial charge in [-0.25, -0.2) is 0 Å². The van der Waals surface area contributed by atoms with Crippen LogP contribution in [0.25, 0.3) is 0 Å². The van der Waals surface area contributed by atoms with E-state index in [0.29, 0.717) is 6.42 Å². The third-order valence-corrected chi connectivity index (χ3v) is 2.27. The van der Waals surface area contributed by atoms with E-state index in [1.165, 1.54) is 0 Å². The molecule has 2 N–H and O–H groups in total. The molecule has 0 aromatic rings. The lowest BCUT2D eigenvalue weighted by Gasteiger charge is -2.17. The van der Waals surface area contributed by atoms with E-state index >= 15 is 0 Å². The summed E-state index contributed by atoms with van der Waals surface area (Å²) >= 11 is 0. The second-order valence-corrected chi connectivity index (χ2v) is 5.83. The maximum atomic E-state index is 10.4. The predicted octanol–water partition coefficient (Wildman–Crippen LogP) is 1.99. The van der Waals surface area contributed by atoms with E-state index in [9.17, 15) is 4.57 Å². The van der Waals surface area contributed by atoms with E-state index in [4.69, 9.17) is 9.79 Å². The fourth-order valence-electron chi connectivity index (χ4n) is 0.815. The van der Waals surface area contributed by atoms with Gasteiger partial charge in [-0.2, -0.15) is 0 Å². The Morgan fingerprint density at radius 3 is 2.00 bits per heavy atom. The Kier molecular flexibility index (Phi) is 3.75. The third kappa shape index (κ3) is 10.2. The summed E-state index contributed by atoms with van der Waals surface area (Å²) in [6.45, 7) is 6.19. The smallest absolute Gasteiger partial charge is 0.324 e. The van der Waals surface area contributed by atoms with Crippen molar-refractivity contribution in [3.8, 4) is 0 Å². The van der Waals surface area contributed by atoms with Crippen molar-refractivity contribution >= 4 is 7.60 Å². The van der Waals surface area contributed by atoms with E-state index in [0.717, 1.165) is 6.42 Å². The van der Waals surface area contributed by atoms with Crippen molar-refractivity contribution < 1.29 is 14.4 Å². The summed E-state index contributed by atoms with van der Waals surface area (Å²) in [7, 11) is -3.75. The van der Waals surface area contributed by atoms with Crippen LogP contribution >= 0.6 is 7.60 Å². The first-order chi connectivity index (χ1) is 4.71. The summed E-state index contributed by atoms with van der Waals surface area (Å²) in [5.41, 5.74) is 0.176. The first-order valence-corrected chi connectivity index (χ1v) is 5.55. The molecule has 4 heteroatoms. The normalized spacial score (nSPS) is 13.5. The van der Waals surface area contributed by atoms with Crippen LogP contribution < -0.4 is 0 Å². The first-order valence-electron chi connectivity index (χ1n) is 3.75. The van der Waals surface area contributed by atoms with Crippen LogP contribution in [0.2, 0.25) is 0 Å². The maximum absolute atomic E-state index is 10.4. The van der Waals surface area contributed by atoms with Gasteiger partial charge >= 0.3 is 7.60 Å². The molecule has 11 heavy (non-hydrogen) atoms. The van der Waals surface area contributed by atoms with Crippen LogP contribution in [0, 0.1) is 5.41 Å². The maximum Gasteiger partial charge on any atom is 0.325 e. The molecule has 0 rings (SSSR count). The lowest BCUT2D eigenvalue weighted by molar-refractivity contribution is 0.349. The summed E-state index contributed by atoms with van der Waals surface area (Å²) in [5.74, 6) is 0. The van der Waals surface area contributed by atoms with Crippen LogP contribution in [0.5, 0.6) is 0 Å². The Balaban J connectivity index is 3.52. The minimum atomic E-state index is -3.75. The molecular formula is C7H17O3P. The van der Waals surface area contributed by atoms with Crippen LogP contribution in [0.3, 0.4) is 0 Å². The van der Waals surface area contributed by atoms with Crippen LogP contribution in [0.4, 0.5) is 0 Å². The molecule has 0 aliphatic rings. The Hall–Kier alpha value is 0.150. The van der Waals surface area contributed by atoms with Gasteiger partial charge in [0.15, 0.2) is 0 Å². The molecule has 0 aromatic heterocycles. The van der Waals surface area contributed by atoms with Gasteiger partial charge in [0.1, 0.15) is 0 Å². The highest BCUT2D eigenvalue weighted by Gasteiger charge is 2.15. The Labute approximate surface area is 68.0 Å². The zero-order valence-electron chi connectivity index (χ0n) is 7.37. The van der Waals surface area contributed by atoms with Crippen LogP contribution in [-0.4, -0.2) is 15.9 Å². The van der Waals surface area contributed by atoms with E-state index in [2.05, 4.69) is 20.8 Å². The molecule has 0 spiro atoms. The van der Waals surface area contributed by atoms with Gasteiger partial charge < -0.3 is 9.79 Å². The Bertz CT molecular complexity index is 154. The zero-order valence-corrected chi connectivity index (χ0v) is 8.27. The van der Waals surface area contributed by atoms with Gasteiger partial charge in [-0.15, -0.1) is 0 Å². The topological polar surface area (TPSA) is 57.5 Å². The molecule has 68 valence electrons. The molecule has 0 atom stereocenters. The summed E-state index contributed by atoms with van der Waals surface area (Å²) in [6.07, 6.45) is 1.48. The van der Waals surface area contributed by atoms with E-state index in [1.54, 1.807) is 0 Å². The second kappa shape index (κ2) is 3.70. The molecule has 3 nitrogen and oxygen atoms in total. The van der Waals surface area contributed by atoms with Crippen molar-refractivity contribution in [1.82, 2.24) is 0 Å². The van der Waals surface area contributed by atoms with E-state index in [-0.39, 0.29) is 11.6 Å². The first kappa shape index (κ1) is 11.2. The van der Waals surface area contributed by atoms with Crippen LogP contribution in [0.1, 0.15) is 33.6 Å². The fraction of sp³-hybridized carbons (Fsp3) is 1.00. The van der Waals surface area contributed by atoms with Crippen molar-refractivity contribution in [2.24, 2.45) is 5.41 Å². The van der Waals surface area contributed by atoms with Gasteiger partial charge in [0.2, 0.25) is 0 Å². The molecule has 0 heterocycles. The van der Waals surface area contributed by atoms with Crippen LogP contribution in [0.15, 0.2) is 0 Å². The second-order valence-electron chi connectivity index (χ2n) is 4.05. The molecule has 0 amide bonds. The van der Waals surface area contributed by atoms with Gasteiger partial charge in [0, 0.05) is 6.16 Å². The standard InChI is InChI=1S/C7H17O3P/c1-7(2,3)5-4-6-11(8,9)10/h4-6H2,1-3H3,(H2,8,9,10). The molecule has 0 unspecified atom stereocenters. The highest BCUT2D eigenvalue weighted by Crippen LogP contribution is 2.36. The molecule has 0 aromatic carbocycles. The number of hydrogen-bond donors (Lipinski definition) is 2. The molecule has 0 saturated carbocycles. The van der Waals surface area contributed by atoms with Crippen molar-refractivity contribution in [1.29, 1.82) is 0 Å². The molecule has 0 saturated heterocycles. The number of rotatable bonds is 3. The largest absolute Gasteiger partial charge is 0.325 e. The van der Waals surface area contributed by atoms with Gasteiger partial charge in [-0.05, 0) is 18.3 Å². The van der Waals surface area contributed by atoms with E-state index < -0.39 is 7.60 Å². The minimum absolute atomic E-state index is 0.0181. The van der Waals surface area contributed by atoms with Crippen molar-refractivity contribution in [3.05, 3.63) is 0 Å². The third-order valence-electron chi connectivity index (χ3n) is 1.38. The monoisotopic (exact) mass is 180 g/mol. The molecule has 0 radical (unpaired) electrons. The SMILES string of the molecule is CC(C)(C)CCCP(=O)(O)O. The average Bonchev–Trinajstić information content (AvgIpc) is 1.55. The summed E-state index contributed by atoms with van der Waals surface area (Å²) in [6, 6.07) is 0.